The molecule has 0 heterocycles. The molecule has 0 aromatic heterocycles. The summed E-state index contributed by atoms with van der Waals surface area (Å²) in [4.78, 5) is 0. The minimum atomic E-state index is -4.75. The molecule has 13 heteroatoms. The van der Waals surface area contributed by atoms with Gasteiger partial charge in [-0.1, -0.05) is 0 Å². The second-order valence-electron chi connectivity index (χ2n) is 1.46. The summed E-state index contributed by atoms with van der Waals surface area (Å²) >= 11 is 0. The largest absolute Gasteiger partial charge is 0.399 e. The van der Waals surface area contributed by atoms with Crippen molar-refractivity contribution in [3.05, 3.63) is 0 Å². The molecular formula is C2H5F3O8S2. The first-order valence-electron chi connectivity index (χ1n) is 2.60. The van der Waals surface area contributed by atoms with E-state index in [1.54, 1.807) is 0 Å². The zero-order chi connectivity index (χ0) is 12.7. The Morgan fingerprint density at radius 1 is 0.933 bits per heavy atom. The van der Waals surface area contributed by atoms with Gasteiger partial charge in [-0.25, -0.2) is 8.37 Å². The summed E-state index contributed by atoms with van der Waals surface area (Å²) in [5, 5.41) is 0. The molecule has 0 aliphatic heterocycles. The van der Waals surface area contributed by atoms with Crippen molar-refractivity contribution in [3.63, 3.8) is 0 Å². The van der Waals surface area contributed by atoms with Gasteiger partial charge in [0, 0.05) is 0 Å². The molecule has 0 fully saturated rings. The fourth-order valence-electron chi connectivity index (χ4n) is 0.141. The molecule has 0 saturated heterocycles. The summed E-state index contributed by atoms with van der Waals surface area (Å²) < 4.78 is 90.1. The maximum Gasteiger partial charge on any atom is 0.399 e. The van der Waals surface area contributed by atoms with Crippen LogP contribution >= 0.6 is 0 Å². The van der Waals surface area contributed by atoms with Crippen LogP contribution in [0.3, 0.4) is 0 Å². The highest BCUT2D eigenvalue weighted by Crippen LogP contribution is 1.90. The molecule has 0 aliphatic carbocycles. The van der Waals surface area contributed by atoms with Gasteiger partial charge in [-0.2, -0.15) is 30.0 Å². The van der Waals surface area contributed by atoms with Gasteiger partial charge in [0.05, 0.1) is 0 Å². The van der Waals surface area contributed by atoms with Crippen molar-refractivity contribution in [2.45, 2.75) is 6.68 Å². The Bertz CT molecular complexity index is 309. The average molecular weight is 278 g/mol. The molecule has 0 radical (unpaired) electrons. The van der Waals surface area contributed by atoms with Crippen LogP contribution in [0.5, 0.6) is 0 Å². The summed E-state index contributed by atoms with van der Waals surface area (Å²) in [7, 11) is -9.49. The molecule has 0 aliphatic rings. The van der Waals surface area contributed by atoms with Crippen LogP contribution in [0.25, 0.3) is 0 Å². The van der Waals surface area contributed by atoms with E-state index in [1.165, 1.54) is 0 Å². The first kappa shape index (κ1) is 16.9. The number of hydrogen-bond acceptors (Lipinski definition) is 6. The lowest BCUT2D eigenvalue weighted by atomic mass is 11.6. The summed E-state index contributed by atoms with van der Waals surface area (Å²) in [6.07, 6.45) is 0. The molecule has 0 amide bonds. The van der Waals surface area contributed by atoms with Crippen LogP contribution in [0.2, 0.25) is 0 Å². The van der Waals surface area contributed by atoms with Crippen LogP contribution in [-0.4, -0.2) is 39.4 Å². The number of alkyl halides is 3. The summed E-state index contributed by atoms with van der Waals surface area (Å²) in [6, 6.07) is 0. The van der Waals surface area contributed by atoms with Crippen molar-refractivity contribution in [2.75, 3.05) is 6.79 Å². The van der Waals surface area contributed by atoms with Gasteiger partial charge in [-0.05, 0) is 0 Å². The molecule has 0 rings (SSSR count). The van der Waals surface area contributed by atoms with Gasteiger partial charge < -0.3 is 0 Å². The lowest BCUT2D eigenvalue weighted by Gasteiger charge is -1.96. The fraction of sp³-hybridized carbons (Fsp3) is 1.00. The van der Waals surface area contributed by atoms with Crippen LogP contribution in [0.4, 0.5) is 13.2 Å². The van der Waals surface area contributed by atoms with Gasteiger partial charge in [0.15, 0.2) is 6.79 Å². The van der Waals surface area contributed by atoms with Crippen molar-refractivity contribution in [1.29, 1.82) is 0 Å². The molecule has 0 bridgehead atoms. The van der Waals surface area contributed by atoms with E-state index in [2.05, 4.69) is 8.37 Å². The van der Waals surface area contributed by atoms with Crippen LogP contribution in [0, 0.1) is 0 Å². The minimum Gasteiger partial charge on any atom is -0.263 e. The molecule has 0 aromatic carbocycles. The summed E-state index contributed by atoms with van der Waals surface area (Å²) in [5.41, 5.74) is 0. The van der Waals surface area contributed by atoms with E-state index in [9.17, 15) is 30.0 Å². The molecule has 0 atom stereocenters. The average Bonchev–Trinajstić information content (AvgIpc) is 1.77. The molecule has 0 spiro atoms. The van der Waals surface area contributed by atoms with Crippen molar-refractivity contribution in [1.82, 2.24) is 0 Å². The lowest BCUT2D eigenvalue weighted by Crippen LogP contribution is -2.11. The second kappa shape index (κ2) is 6.91. The second-order valence-corrected chi connectivity index (χ2v) is 3.64. The number of rotatable bonds is 4. The monoisotopic (exact) mass is 278 g/mol. The highest BCUT2D eigenvalue weighted by atomic mass is 32.3. The molecule has 94 valence electrons. The Labute approximate surface area is 82.5 Å². The zero-order valence-corrected chi connectivity index (χ0v) is 8.21. The maximum atomic E-state index is 9.69. The van der Waals surface area contributed by atoms with Crippen molar-refractivity contribution in [3.8, 4) is 0 Å². The van der Waals surface area contributed by atoms with E-state index in [4.69, 9.17) is 9.11 Å². The topological polar surface area (TPSA) is 127 Å². The van der Waals surface area contributed by atoms with Gasteiger partial charge in [-0.15, -0.1) is 0 Å². The smallest absolute Gasteiger partial charge is 0.263 e. The third-order valence-electron chi connectivity index (χ3n) is 0.394. The van der Waals surface area contributed by atoms with E-state index in [0.717, 1.165) is 0 Å². The Balaban J connectivity index is 0. The third-order valence-corrected chi connectivity index (χ3v) is 1.18. The van der Waals surface area contributed by atoms with Crippen LogP contribution in [0.15, 0.2) is 0 Å². The van der Waals surface area contributed by atoms with E-state index < -0.39 is 34.3 Å². The van der Waals surface area contributed by atoms with Crippen molar-refractivity contribution in [2.24, 2.45) is 0 Å². The van der Waals surface area contributed by atoms with E-state index in [-0.39, 0.29) is 0 Å². The molecule has 0 saturated carbocycles. The highest BCUT2D eigenvalue weighted by molar-refractivity contribution is 7.81. The normalized spacial score (nSPS) is 12.1. The Morgan fingerprint density at radius 2 is 1.13 bits per heavy atom. The Kier molecular flexibility index (Phi) is 7.81. The van der Waals surface area contributed by atoms with Crippen molar-refractivity contribution >= 4 is 20.8 Å². The molecule has 0 unspecified atom stereocenters. The van der Waals surface area contributed by atoms with Crippen molar-refractivity contribution < 1.29 is 47.5 Å². The Morgan fingerprint density at radius 3 is 1.27 bits per heavy atom. The first-order chi connectivity index (χ1) is 6.44. The van der Waals surface area contributed by atoms with Gasteiger partial charge in [0.2, 0.25) is 0 Å². The van der Waals surface area contributed by atoms with Gasteiger partial charge >= 0.3 is 27.5 Å². The SMILES string of the molecule is FC(F)F.O=S(=O)(O)OCOS(=O)(=O)O. The number of halogens is 3. The third kappa shape index (κ3) is 31.7. The molecule has 2 N–H and O–H groups in total. The minimum absolute atomic E-state index is 1.31. The maximum absolute atomic E-state index is 9.69. The quantitative estimate of drug-likeness (QED) is 0.532. The standard InChI is InChI=1S/CHF3.CH4O8S2/c2-1(3)4;2-10(3,4)8-1-9-11(5,6)7/h1H;1H2,(H,2,3,4)(H,5,6,7). The van der Waals surface area contributed by atoms with Gasteiger partial charge in [0.25, 0.3) is 0 Å². The van der Waals surface area contributed by atoms with Gasteiger partial charge in [-0.3, -0.25) is 9.11 Å². The highest BCUT2D eigenvalue weighted by Gasteiger charge is 2.08. The first-order valence-corrected chi connectivity index (χ1v) is 5.33. The van der Waals surface area contributed by atoms with E-state index in [0.29, 0.717) is 0 Å². The fourth-order valence-corrected chi connectivity index (χ4v) is 0.542. The number of hydrogen-bond donors (Lipinski definition) is 2. The predicted octanol–water partition coefficient (Wildman–Crippen LogP) is -0.239. The van der Waals surface area contributed by atoms with E-state index in [1.807, 2.05) is 0 Å². The van der Waals surface area contributed by atoms with Crippen LogP contribution < -0.4 is 0 Å². The zero-order valence-electron chi connectivity index (χ0n) is 6.58. The molecule has 15 heavy (non-hydrogen) atoms. The van der Waals surface area contributed by atoms with Crippen LogP contribution in [-0.2, 0) is 29.2 Å². The van der Waals surface area contributed by atoms with Gasteiger partial charge in [0.1, 0.15) is 0 Å². The Hall–Kier alpha value is -0.470. The molecule has 8 nitrogen and oxygen atoms in total. The predicted molar refractivity (Wildman–Crippen MR) is 37.2 cm³/mol. The molecular weight excluding hydrogens is 273 g/mol. The lowest BCUT2D eigenvalue weighted by molar-refractivity contribution is 0.00817. The van der Waals surface area contributed by atoms with E-state index >= 15 is 0 Å². The summed E-state index contributed by atoms with van der Waals surface area (Å²) in [5.74, 6) is 0. The summed E-state index contributed by atoms with van der Waals surface area (Å²) in [6.45, 7) is -4.97. The molecule has 0 aromatic rings. The van der Waals surface area contributed by atoms with Crippen LogP contribution in [0.1, 0.15) is 0 Å².